The second-order valence-corrected chi connectivity index (χ2v) is 6.05. The molecule has 2 aliphatic heterocycles. The normalized spacial score (nSPS) is 18.6. The third kappa shape index (κ3) is 2.42. The van der Waals surface area contributed by atoms with Crippen LogP contribution in [0.3, 0.4) is 0 Å². The van der Waals surface area contributed by atoms with Gasteiger partial charge in [-0.05, 0) is 35.7 Å². The third-order valence-corrected chi connectivity index (χ3v) is 4.62. The second kappa shape index (κ2) is 5.15. The molecule has 0 spiro atoms. The van der Waals surface area contributed by atoms with Gasteiger partial charge in [0.1, 0.15) is 5.82 Å². The Labute approximate surface area is 124 Å². The maximum atomic E-state index is 12.9. The van der Waals surface area contributed by atoms with Crippen molar-refractivity contribution in [3.63, 3.8) is 0 Å². The van der Waals surface area contributed by atoms with Gasteiger partial charge < -0.3 is 4.90 Å². The van der Waals surface area contributed by atoms with Gasteiger partial charge in [-0.1, -0.05) is 30.3 Å². The van der Waals surface area contributed by atoms with Crippen molar-refractivity contribution in [1.82, 2.24) is 4.90 Å². The summed E-state index contributed by atoms with van der Waals surface area (Å²) in [5.74, 6) is -0.158. The zero-order valence-corrected chi connectivity index (χ0v) is 12.0. The van der Waals surface area contributed by atoms with Gasteiger partial charge in [-0.3, -0.25) is 4.90 Å². The van der Waals surface area contributed by atoms with Crippen molar-refractivity contribution in [2.45, 2.75) is 19.0 Å². The minimum atomic E-state index is -0.158. The van der Waals surface area contributed by atoms with E-state index in [9.17, 15) is 4.39 Å². The van der Waals surface area contributed by atoms with Gasteiger partial charge in [-0.2, -0.15) is 0 Å². The molecule has 0 unspecified atom stereocenters. The summed E-state index contributed by atoms with van der Waals surface area (Å²) >= 11 is 0. The van der Waals surface area contributed by atoms with Crippen LogP contribution in [0.5, 0.6) is 0 Å². The van der Waals surface area contributed by atoms with Crippen LogP contribution in [0, 0.1) is 5.82 Å². The van der Waals surface area contributed by atoms with Crippen LogP contribution in [-0.4, -0.2) is 30.6 Å². The molecule has 2 nitrogen and oxygen atoms in total. The summed E-state index contributed by atoms with van der Waals surface area (Å²) in [5.41, 5.74) is 4.09. The Bertz CT molecular complexity index is 632. The molecule has 1 saturated heterocycles. The number of halogens is 1. The molecule has 1 fully saturated rings. The van der Waals surface area contributed by atoms with Crippen molar-refractivity contribution >= 4 is 5.69 Å². The molecule has 2 heterocycles. The van der Waals surface area contributed by atoms with Gasteiger partial charge >= 0.3 is 0 Å². The van der Waals surface area contributed by atoms with Gasteiger partial charge in [0, 0.05) is 31.9 Å². The molecule has 0 radical (unpaired) electrons. The predicted molar refractivity (Wildman–Crippen MR) is 83.0 cm³/mol. The van der Waals surface area contributed by atoms with Crippen molar-refractivity contribution in [2.24, 2.45) is 0 Å². The molecule has 4 rings (SSSR count). The number of anilines is 1. The summed E-state index contributed by atoms with van der Waals surface area (Å²) in [6, 6.07) is 16.2. The highest BCUT2D eigenvalue weighted by atomic mass is 19.1. The number of hydrogen-bond acceptors (Lipinski definition) is 2. The quantitative estimate of drug-likeness (QED) is 0.853. The largest absolute Gasteiger partial charge is 0.365 e. The average molecular weight is 282 g/mol. The van der Waals surface area contributed by atoms with E-state index in [-0.39, 0.29) is 5.82 Å². The van der Waals surface area contributed by atoms with Gasteiger partial charge in [-0.25, -0.2) is 4.39 Å². The maximum Gasteiger partial charge on any atom is 0.123 e. The zero-order valence-electron chi connectivity index (χ0n) is 12.0. The van der Waals surface area contributed by atoms with Crippen LogP contribution in [-0.2, 0) is 13.0 Å². The average Bonchev–Trinajstić information content (AvgIpc) is 2.88. The summed E-state index contributed by atoms with van der Waals surface area (Å²) in [7, 11) is 0. The van der Waals surface area contributed by atoms with Crippen LogP contribution in [0.15, 0.2) is 48.5 Å². The Hall–Kier alpha value is -1.87. The number of fused-ring (bicyclic) bond motifs is 1. The lowest BCUT2D eigenvalue weighted by Gasteiger charge is -2.45. The van der Waals surface area contributed by atoms with E-state index in [0.717, 1.165) is 26.2 Å². The number of likely N-dealkylation sites (tertiary alicyclic amines) is 1. The van der Waals surface area contributed by atoms with E-state index in [4.69, 9.17) is 0 Å². The molecule has 2 aromatic carbocycles. The first-order chi connectivity index (χ1) is 10.3. The van der Waals surface area contributed by atoms with Crippen molar-refractivity contribution in [1.29, 1.82) is 0 Å². The van der Waals surface area contributed by atoms with Gasteiger partial charge in [0.2, 0.25) is 0 Å². The van der Waals surface area contributed by atoms with Crippen LogP contribution in [0.1, 0.15) is 11.1 Å². The Morgan fingerprint density at radius 3 is 2.57 bits per heavy atom. The summed E-state index contributed by atoms with van der Waals surface area (Å²) in [6.07, 6.45) is 1.17. The number of hydrogen-bond donors (Lipinski definition) is 0. The standard InChI is InChI=1S/C18H19FN2/c19-16-7-5-14(6-8-16)11-20-12-17(13-20)21-10-9-15-3-1-2-4-18(15)21/h1-8,17H,9-13H2. The van der Waals surface area contributed by atoms with Gasteiger partial charge in [-0.15, -0.1) is 0 Å². The maximum absolute atomic E-state index is 12.9. The molecule has 0 aromatic heterocycles. The van der Waals surface area contributed by atoms with Gasteiger partial charge in [0.05, 0.1) is 6.04 Å². The lowest BCUT2D eigenvalue weighted by molar-refractivity contribution is 0.137. The minimum absolute atomic E-state index is 0.158. The SMILES string of the molecule is Fc1ccc(CN2CC(N3CCc4ccccc43)C2)cc1. The fourth-order valence-electron chi connectivity index (χ4n) is 3.46. The van der Waals surface area contributed by atoms with E-state index in [1.807, 2.05) is 12.1 Å². The summed E-state index contributed by atoms with van der Waals surface area (Å²) in [4.78, 5) is 4.98. The van der Waals surface area contributed by atoms with Gasteiger partial charge in [0.25, 0.3) is 0 Å². The number of nitrogens with zero attached hydrogens (tertiary/aromatic N) is 2. The van der Waals surface area contributed by atoms with Gasteiger partial charge in [0.15, 0.2) is 0 Å². The Morgan fingerprint density at radius 1 is 1.00 bits per heavy atom. The number of rotatable bonds is 3. The molecule has 2 aromatic rings. The van der Waals surface area contributed by atoms with E-state index in [0.29, 0.717) is 6.04 Å². The lowest BCUT2D eigenvalue weighted by atomic mass is 10.1. The van der Waals surface area contributed by atoms with E-state index < -0.39 is 0 Å². The number of benzene rings is 2. The molecule has 108 valence electrons. The Morgan fingerprint density at radius 2 is 1.76 bits per heavy atom. The molecule has 0 aliphatic carbocycles. The van der Waals surface area contributed by atoms with Crippen molar-refractivity contribution in [2.75, 3.05) is 24.5 Å². The number of para-hydroxylation sites is 1. The monoisotopic (exact) mass is 282 g/mol. The van der Waals surface area contributed by atoms with E-state index >= 15 is 0 Å². The van der Waals surface area contributed by atoms with Crippen LogP contribution in [0.2, 0.25) is 0 Å². The molecular formula is C18H19FN2. The highest BCUT2D eigenvalue weighted by Crippen LogP contribution is 2.32. The van der Waals surface area contributed by atoms with Crippen LogP contribution in [0.4, 0.5) is 10.1 Å². The minimum Gasteiger partial charge on any atom is -0.365 e. The first-order valence-corrected chi connectivity index (χ1v) is 7.61. The summed E-state index contributed by atoms with van der Waals surface area (Å²) in [5, 5.41) is 0. The van der Waals surface area contributed by atoms with Crippen LogP contribution >= 0.6 is 0 Å². The van der Waals surface area contributed by atoms with E-state index in [1.54, 1.807) is 12.1 Å². The van der Waals surface area contributed by atoms with Crippen molar-refractivity contribution < 1.29 is 4.39 Å². The van der Waals surface area contributed by atoms with Crippen LogP contribution in [0.25, 0.3) is 0 Å². The first kappa shape index (κ1) is 12.8. The molecule has 0 saturated carbocycles. The third-order valence-electron chi connectivity index (χ3n) is 4.62. The second-order valence-electron chi connectivity index (χ2n) is 6.05. The molecule has 0 amide bonds. The molecule has 0 N–H and O–H groups in total. The molecular weight excluding hydrogens is 263 g/mol. The summed E-state index contributed by atoms with van der Waals surface area (Å²) < 4.78 is 12.9. The molecule has 21 heavy (non-hydrogen) atoms. The van der Waals surface area contributed by atoms with E-state index in [1.165, 1.54) is 23.2 Å². The molecule has 2 aliphatic rings. The highest BCUT2D eigenvalue weighted by molar-refractivity contribution is 5.59. The Kier molecular flexibility index (Phi) is 3.15. The van der Waals surface area contributed by atoms with Crippen molar-refractivity contribution in [3.8, 4) is 0 Å². The Balaban J connectivity index is 1.37. The summed E-state index contributed by atoms with van der Waals surface area (Å²) in [6.45, 7) is 4.28. The lowest BCUT2D eigenvalue weighted by Crippen LogP contribution is -2.58. The first-order valence-electron chi connectivity index (χ1n) is 7.61. The smallest absolute Gasteiger partial charge is 0.123 e. The molecule has 0 atom stereocenters. The zero-order chi connectivity index (χ0) is 14.2. The highest BCUT2D eigenvalue weighted by Gasteiger charge is 2.34. The molecule has 0 bridgehead atoms. The fraction of sp³-hybridized carbons (Fsp3) is 0.333. The molecule has 3 heteroatoms. The van der Waals surface area contributed by atoms with E-state index in [2.05, 4.69) is 34.1 Å². The predicted octanol–water partition coefficient (Wildman–Crippen LogP) is 3.07. The van der Waals surface area contributed by atoms with Crippen LogP contribution < -0.4 is 4.90 Å². The van der Waals surface area contributed by atoms with Crippen molar-refractivity contribution in [3.05, 3.63) is 65.5 Å². The topological polar surface area (TPSA) is 6.48 Å². The fourth-order valence-corrected chi connectivity index (χ4v) is 3.46.